The molecule has 0 aliphatic carbocycles. The fourth-order valence-electron chi connectivity index (χ4n) is 1.40. The Balaban J connectivity index is 2.62. The summed E-state index contributed by atoms with van der Waals surface area (Å²) in [6, 6.07) is 8.46. The summed E-state index contributed by atoms with van der Waals surface area (Å²) in [7, 11) is 0. The van der Waals surface area contributed by atoms with E-state index in [1.807, 2.05) is 0 Å². The predicted octanol–water partition coefficient (Wildman–Crippen LogP) is 4.05. The molecule has 0 amide bonds. The van der Waals surface area contributed by atoms with Gasteiger partial charge < -0.3 is 4.42 Å². The minimum atomic E-state index is 0.211. The Morgan fingerprint density at radius 3 is 2.76 bits per heavy atom. The Hall–Kier alpha value is -1.57. The van der Waals surface area contributed by atoms with E-state index in [0.717, 1.165) is 0 Å². The molecule has 0 bridgehead atoms. The van der Waals surface area contributed by atoms with E-state index in [0.29, 0.717) is 32.7 Å². The number of furan rings is 1. The van der Waals surface area contributed by atoms with Crippen molar-refractivity contribution in [3.05, 3.63) is 45.1 Å². The van der Waals surface area contributed by atoms with Crippen molar-refractivity contribution in [3.63, 3.8) is 0 Å². The van der Waals surface area contributed by atoms with Crippen molar-refractivity contribution in [1.82, 2.24) is 0 Å². The van der Waals surface area contributed by atoms with Gasteiger partial charge in [-0.2, -0.15) is 5.26 Å². The molecule has 3 nitrogen and oxygen atoms in total. The molecule has 1 aromatic heterocycles. The van der Waals surface area contributed by atoms with Crippen LogP contribution in [0, 0.1) is 11.3 Å². The van der Waals surface area contributed by atoms with Crippen LogP contribution in [0.15, 0.2) is 33.2 Å². The highest BCUT2D eigenvalue weighted by molar-refractivity contribution is 9.10. The van der Waals surface area contributed by atoms with Crippen LogP contribution in [0.5, 0.6) is 0 Å². The standard InChI is InChI=1S/C12H5BrClNO2/c13-10-3-7(5-15)9(4-11(10)14)12-2-1-8(6-16)17-12/h1-4,6H. The van der Waals surface area contributed by atoms with E-state index >= 15 is 0 Å². The van der Waals surface area contributed by atoms with Crippen LogP contribution in [0.1, 0.15) is 16.1 Å². The summed E-state index contributed by atoms with van der Waals surface area (Å²) in [5, 5.41) is 9.51. The lowest BCUT2D eigenvalue weighted by molar-refractivity contribution is 0.110. The van der Waals surface area contributed by atoms with Gasteiger partial charge in [-0.25, -0.2) is 0 Å². The van der Waals surface area contributed by atoms with Gasteiger partial charge in [-0.05, 0) is 40.2 Å². The molecule has 2 aromatic rings. The van der Waals surface area contributed by atoms with Gasteiger partial charge in [0, 0.05) is 10.0 Å². The van der Waals surface area contributed by atoms with Gasteiger partial charge in [0.05, 0.1) is 16.7 Å². The lowest BCUT2D eigenvalue weighted by Crippen LogP contribution is -1.84. The summed E-state index contributed by atoms with van der Waals surface area (Å²) in [4.78, 5) is 10.5. The molecule has 0 aliphatic heterocycles. The first-order valence-corrected chi connectivity index (χ1v) is 5.77. The summed E-state index contributed by atoms with van der Waals surface area (Å²) < 4.78 is 5.90. The SMILES string of the molecule is N#Cc1cc(Br)c(Cl)cc1-c1ccc(C=O)o1. The summed E-state index contributed by atoms with van der Waals surface area (Å²) in [5.74, 6) is 0.654. The van der Waals surface area contributed by atoms with Crippen molar-refractivity contribution in [2.45, 2.75) is 0 Å². The Labute approximate surface area is 111 Å². The van der Waals surface area contributed by atoms with E-state index in [2.05, 4.69) is 22.0 Å². The first-order valence-electron chi connectivity index (χ1n) is 4.60. The maximum atomic E-state index is 10.5. The van der Waals surface area contributed by atoms with Gasteiger partial charge in [0.2, 0.25) is 0 Å². The topological polar surface area (TPSA) is 54.0 Å². The quantitative estimate of drug-likeness (QED) is 0.786. The molecule has 5 heteroatoms. The average Bonchev–Trinajstić information content (AvgIpc) is 2.80. The number of aldehydes is 1. The molecule has 1 heterocycles. The molecule has 0 radical (unpaired) electrons. The van der Waals surface area contributed by atoms with Crippen molar-refractivity contribution < 1.29 is 9.21 Å². The van der Waals surface area contributed by atoms with E-state index in [4.69, 9.17) is 21.3 Å². The minimum Gasteiger partial charge on any atom is -0.453 e. The van der Waals surface area contributed by atoms with E-state index in [-0.39, 0.29) is 5.76 Å². The molecule has 84 valence electrons. The van der Waals surface area contributed by atoms with Crippen molar-refractivity contribution in [2.75, 3.05) is 0 Å². The molecular formula is C12H5BrClNO2. The van der Waals surface area contributed by atoms with Crippen molar-refractivity contribution >= 4 is 33.8 Å². The summed E-state index contributed by atoms with van der Waals surface area (Å²) in [6.45, 7) is 0. The molecule has 0 saturated heterocycles. The van der Waals surface area contributed by atoms with Crippen molar-refractivity contribution in [1.29, 1.82) is 5.26 Å². The number of halogens is 2. The Morgan fingerprint density at radius 2 is 2.18 bits per heavy atom. The van der Waals surface area contributed by atoms with Gasteiger partial charge in [-0.3, -0.25) is 4.79 Å². The fraction of sp³-hybridized carbons (Fsp3) is 0. The molecule has 0 atom stereocenters. The Bertz CT molecular complexity index is 628. The minimum absolute atomic E-state index is 0.211. The fourth-order valence-corrected chi connectivity index (χ4v) is 1.91. The zero-order chi connectivity index (χ0) is 12.4. The van der Waals surface area contributed by atoms with Gasteiger partial charge in [-0.15, -0.1) is 0 Å². The third-order valence-corrected chi connectivity index (χ3v) is 3.39. The van der Waals surface area contributed by atoms with E-state index in [1.165, 1.54) is 0 Å². The van der Waals surface area contributed by atoms with Crippen LogP contribution in [0.25, 0.3) is 11.3 Å². The summed E-state index contributed by atoms with van der Waals surface area (Å²) in [6.07, 6.45) is 0.607. The number of hydrogen-bond acceptors (Lipinski definition) is 3. The average molecular weight is 311 g/mol. The van der Waals surface area contributed by atoms with Gasteiger partial charge in [-0.1, -0.05) is 11.6 Å². The summed E-state index contributed by atoms with van der Waals surface area (Å²) in [5.41, 5.74) is 0.988. The highest BCUT2D eigenvalue weighted by Crippen LogP contribution is 2.32. The maximum Gasteiger partial charge on any atom is 0.185 e. The molecule has 0 saturated carbocycles. The normalized spacial score (nSPS) is 9.94. The second-order valence-electron chi connectivity index (χ2n) is 3.24. The molecule has 1 aromatic carbocycles. The third kappa shape index (κ3) is 2.26. The Morgan fingerprint density at radius 1 is 1.41 bits per heavy atom. The van der Waals surface area contributed by atoms with Gasteiger partial charge in [0.15, 0.2) is 12.0 Å². The highest BCUT2D eigenvalue weighted by Gasteiger charge is 2.12. The lowest BCUT2D eigenvalue weighted by Gasteiger charge is -2.03. The number of carbonyl (C=O) groups excluding carboxylic acids is 1. The molecule has 0 fully saturated rings. The number of nitriles is 1. The van der Waals surface area contributed by atoms with Crippen LogP contribution >= 0.6 is 27.5 Å². The van der Waals surface area contributed by atoms with E-state index in [9.17, 15) is 4.79 Å². The molecule has 17 heavy (non-hydrogen) atoms. The second kappa shape index (κ2) is 4.74. The molecular weight excluding hydrogens is 305 g/mol. The van der Waals surface area contributed by atoms with E-state index < -0.39 is 0 Å². The molecule has 0 aliphatic rings. The lowest BCUT2D eigenvalue weighted by atomic mass is 10.1. The molecule has 0 spiro atoms. The summed E-state index contributed by atoms with van der Waals surface area (Å²) >= 11 is 9.21. The van der Waals surface area contributed by atoms with Crippen LogP contribution in [-0.4, -0.2) is 6.29 Å². The second-order valence-corrected chi connectivity index (χ2v) is 4.51. The van der Waals surface area contributed by atoms with Crippen LogP contribution in [-0.2, 0) is 0 Å². The monoisotopic (exact) mass is 309 g/mol. The van der Waals surface area contributed by atoms with Gasteiger partial charge in [0.1, 0.15) is 5.76 Å². The van der Waals surface area contributed by atoms with Gasteiger partial charge in [0.25, 0.3) is 0 Å². The van der Waals surface area contributed by atoms with Gasteiger partial charge >= 0.3 is 0 Å². The van der Waals surface area contributed by atoms with Crippen LogP contribution < -0.4 is 0 Å². The zero-order valence-electron chi connectivity index (χ0n) is 8.41. The van der Waals surface area contributed by atoms with Crippen LogP contribution in [0.2, 0.25) is 5.02 Å². The third-order valence-electron chi connectivity index (χ3n) is 2.19. The molecule has 0 N–H and O–H groups in total. The first kappa shape index (κ1) is 11.9. The highest BCUT2D eigenvalue weighted by atomic mass is 79.9. The number of rotatable bonds is 2. The number of hydrogen-bond donors (Lipinski definition) is 0. The number of nitrogens with zero attached hydrogens (tertiary/aromatic N) is 1. The molecule has 2 rings (SSSR count). The Kier molecular flexibility index (Phi) is 3.32. The molecule has 0 unspecified atom stereocenters. The van der Waals surface area contributed by atoms with Crippen LogP contribution in [0.4, 0.5) is 0 Å². The van der Waals surface area contributed by atoms with Crippen LogP contribution in [0.3, 0.4) is 0 Å². The maximum absolute atomic E-state index is 10.5. The van der Waals surface area contributed by atoms with Crippen molar-refractivity contribution in [2.24, 2.45) is 0 Å². The zero-order valence-corrected chi connectivity index (χ0v) is 10.7. The first-order chi connectivity index (χ1) is 8.15. The van der Waals surface area contributed by atoms with Crippen molar-refractivity contribution in [3.8, 4) is 17.4 Å². The number of carbonyl (C=O) groups is 1. The smallest absolute Gasteiger partial charge is 0.185 e. The predicted molar refractivity (Wildman–Crippen MR) is 67.0 cm³/mol. The number of benzene rings is 1. The van der Waals surface area contributed by atoms with E-state index in [1.54, 1.807) is 24.3 Å². The largest absolute Gasteiger partial charge is 0.453 e.